The number of para-hydroxylation sites is 1. The lowest BCUT2D eigenvalue weighted by Gasteiger charge is -2.42. The average molecular weight is 447 g/mol. The quantitative estimate of drug-likeness (QED) is 0.512. The number of halogens is 1. The number of aromatic nitrogens is 5. The van der Waals surface area contributed by atoms with E-state index >= 15 is 0 Å². The van der Waals surface area contributed by atoms with Crippen LogP contribution in [-0.2, 0) is 0 Å². The number of aliphatic imine (C=N–C) groups is 1. The van der Waals surface area contributed by atoms with E-state index in [4.69, 9.17) is 22.4 Å². The number of fused-ring (bicyclic) bond motifs is 2. The molecule has 11 heteroatoms. The second-order valence-electron chi connectivity index (χ2n) is 7.52. The smallest absolute Gasteiger partial charge is 0.284 e. The maximum atomic E-state index is 13.5. The summed E-state index contributed by atoms with van der Waals surface area (Å²) in [6, 6.07) is 10.6. The average Bonchev–Trinajstić information content (AvgIpc) is 3.30. The topological polar surface area (TPSA) is 124 Å². The van der Waals surface area contributed by atoms with Gasteiger partial charge in [0.25, 0.3) is 5.56 Å². The van der Waals surface area contributed by atoms with E-state index in [0.717, 1.165) is 0 Å². The molecule has 1 saturated heterocycles. The van der Waals surface area contributed by atoms with E-state index in [1.54, 1.807) is 16.8 Å². The molecule has 0 bridgehead atoms. The molecule has 32 heavy (non-hydrogen) atoms. The first kappa shape index (κ1) is 18.7. The Hall–Kier alpha value is -4.05. The van der Waals surface area contributed by atoms with E-state index in [2.05, 4.69) is 15.0 Å². The minimum atomic E-state index is -0.319. The van der Waals surface area contributed by atoms with Crippen LogP contribution in [0.2, 0.25) is 5.02 Å². The zero-order valence-electron chi connectivity index (χ0n) is 16.5. The van der Waals surface area contributed by atoms with Crippen LogP contribution in [0.1, 0.15) is 28.6 Å². The lowest BCUT2D eigenvalue weighted by molar-refractivity contribution is 0.107. The van der Waals surface area contributed by atoms with Crippen LogP contribution in [0.3, 0.4) is 0 Å². The standard InChI is InChI=1S/C21H15ClN8O2/c22-12-6-9-29-16(12)20(32)30(11-4-2-1-3-5-11)18(27-29)13-7-8-28(13)19-15-14(31)10-24-17(15)25-21(23)26-19/h1-6,9-10,13H,7-8H2,(H2,23,25,26)/t13-/m0/s1. The molecule has 2 aliphatic rings. The fourth-order valence-corrected chi connectivity index (χ4v) is 4.38. The first-order chi connectivity index (χ1) is 15.5. The lowest BCUT2D eigenvalue weighted by Crippen LogP contribution is -2.46. The van der Waals surface area contributed by atoms with Gasteiger partial charge in [0.2, 0.25) is 11.7 Å². The molecule has 0 unspecified atom stereocenters. The third-order valence-corrected chi connectivity index (χ3v) is 6.01. The van der Waals surface area contributed by atoms with Gasteiger partial charge in [-0.25, -0.2) is 9.51 Å². The second kappa shape index (κ2) is 6.72. The van der Waals surface area contributed by atoms with Crippen molar-refractivity contribution in [1.29, 1.82) is 0 Å². The predicted molar refractivity (Wildman–Crippen MR) is 119 cm³/mol. The first-order valence-corrected chi connectivity index (χ1v) is 10.3. The Morgan fingerprint density at radius 2 is 1.91 bits per heavy atom. The van der Waals surface area contributed by atoms with Crippen molar-refractivity contribution in [1.82, 2.24) is 24.1 Å². The number of hydrogen-bond donors (Lipinski definition) is 1. The third kappa shape index (κ3) is 2.59. The molecule has 0 amide bonds. The van der Waals surface area contributed by atoms with Gasteiger partial charge < -0.3 is 10.6 Å². The Morgan fingerprint density at radius 1 is 1.09 bits per heavy atom. The number of rotatable bonds is 3. The lowest BCUT2D eigenvalue weighted by atomic mass is 10.00. The van der Waals surface area contributed by atoms with Gasteiger partial charge in [0.15, 0.2) is 11.6 Å². The molecule has 0 saturated carbocycles. The van der Waals surface area contributed by atoms with Crippen molar-refractivity contribution in [2.45, 2.75) is 12.5 Å². The number of nitrogens with two attached hydrogens (primary N) is 1. The van der Waals surface area contributed by atoms with Crippen molar-refractivity contribution in [3.05, 3.63) is 69.4 Å². The Kier molecular flexibility index (Phi) is 3.93. The highest BCUT2D eigenvalue weighted by Crippen LogP contribution is 2.41. The van der Waals surface area contributed by atoms with Crippen molar-refractivity contribution in [2.24, 2.45) is 4.99 Å². The molecule has 1 fully saturated rings. The maximum Gasteiger partial charge on any atom is 0.284 e. The summed E-state index contributed by atoms with van der Waals surface area (Å²) >= 11 is 6.27. The van der Waals surface area contributed by atoms with Crippen LogP contribution in [0.25, 0.3) is 11.2 Å². The Morgan fingerprint density at radius 3 is 2.66 bits per heavy atom. The number of carbonyl (C=O) groups is 1. The summed E-state index contributed by atoms with van der Waals surface area (Å²) in [5, 5.41) is 5.06. The monoisotopic (exact) mass is 446 g/mol. The molecule has 0 spiro atoms. The Labute approximate surface area is 185 Å². The first-order valence-electron chi connectivity index (χ1n) is 9.90. The van der Waals surface area contributed by atoms with Gasteiger partial charge in [0.1, 0.15) is 16.9 Å². The molecule has 5 heterocycles. The minimum absolute atomic E-state index is 0.0253. The molecule has 2 aliphatic heterocycles. The molecule has 158 valence electrons. The second-order valence-corrected chi connectivity index (χ2v) is 7.92. The van der Waals surface area contributed by atoms with Crippen LogP contribution in [-0.4, -0.2) is 42.7 Å². The fraction of sp³-hybridized carbons (Fsp3) is 0.143. The zero-order valence-corrected chi connectivity index (χ0v) is 17.3. The van der Waals surface area contributed by atoms with E-state index in [9.17, 15) is 9.59 Å². The molecule has 3 aromatic heterocycles. The summed E-state index contributed by atoms with van der Waals surface area (Å²) < 4.78 is 3.05. The van der Waals surface area contributed by atoms with Gasteiger partial charge in [-0.2, -0.15) is 15.1 Å². The summed E-state index contributed by atoms with van der Waals surface area (Å²) in [7, 11) is 0. The van der Waals surface area contributed by atoms with Crippen LogP contribution in [0, 0.1) is 0 Å². The summed E-state index contributed by atoms with van der Waals surface area (Å²) in [5.41, 5.74) is 6.86. The molecule has 6 rings (SSSR count). The van der Waals surface area contributed by atoms with Crippen molar-refractivity contribution >= 4 is 46.7 Å². The molecule has 2 N–H and O–H groups in total. The van der Waals surface area contributed by atoms with Gasteiger partial charge in [-0.1, -0.05) is 29.8 Å². The molecule has 10 nitrogen and oxygen atoms in total. The number of carbonyl (C=O) groups excluding carboxylic acids is 1. The van der Waals surface area contributed by atoms with Gasteiger partial charge in [0.05, 0.1) is 23.0 Å². The highest BCUT2D eigenvalue weighted by molar-refractivity contribution is 6.41. The van der Waals surface area contributed by atoms with Crippen molar-refractivity contribution in [2.75, 3.05) is 17.2 Å². The number of anilines is 2. The zero-order chi connectivity index (χ0) is 22.0. The van der Waals surface area contributed by atoms with E-state index in [-0.39, 0.29) is 29.2 Å². The number of hydrogen-bond acceptors (Lipinski definition) is 8. The molecule has 1 atom stereocenters. The van der Waals surface area contributed by atoms with Crippen molar-refractivity contribution in [3.8, 4) is 5.69 Å². The van der Waals surface area contributed by atoms with E-state index in [1.807, 2.05) is 35.2 Å². The number of benzene rings is 1. The summed E-state index contributed by atoms with van der Waals surface area (Å²) in [5.74, 6) is 0.901. The predicted octanol–water partition coefficient (Wildman–Crippen LogP) is 2.36. The number of ketones is 1. The minimum Gasteiger partial charge on any atom is -0.368 e. The van der Waals surface area contributed by atoms with E-state index in [0.29, 0.717) is 46.4 Å². The molecular formula is C21H15ClN8O2. The van der Waals surface area contributed by atoms with Crippen molar-refractivity contribution < 1.29 is 4.79 Å². The summed E-state index contributed by atoms with van der Waals surface area (Å²) in [6.45, 7) is 0.607. The summed E-state index contributed by atoms with van der Waals surface area (Å²) in [6.07, 6.45) is 3.56. The normalized spacial score (nSPS) is 17.1. The number of Topliss-reactive ketones (excluding diaryl/α,β-unsaturated/α-hetero) is 1. The third-order valence-electron chi connectivity index (χ3n) is 5.71. The fourth-order valence-electron chi connectivity index (χ4n) is 4.16. The number of nitrogen functional groups attached to an aromatic ring is 1. The SMILES string of the molecule is Nc1nc2c(c(N3CC[C@H]3c3nn4ccc(Cl)c4c(=O)n3-c3ccccc3)n1)C(=O)C=N2. The molecular weight excluding hydrogens is 432 g/mol. The van der Waals surface area contributed by atoms with Crippen LogP contribution in [0.5, 0.6) is 0 Å². The molecule has 0 radical (unpaired) electrons. The van der Waals surface area contributed by atoms with Crippen LogP contribution in [0.4, 0.5) is 17.6 Å². The largest absolute Gasteiger partial charge is 0.368 e. The molecule has 1 aromatic carbocycles. The van der Waals surface area contributed by atoms with E-state index < -0.39 is 0 Å². The van der Waals surface area contributed by atoms with E-state index in [1.165, 1.54) is 10.7 Å². The van der Waals surface area contributed by atoms with Crippen molar-refractivity contribution in [3.63, 3.8) is 0 Å². The Balaban J connectivity index is 1.56. The Bertz CT molecular complexity index is 1510. The van der Waals surface area contributed by atoms with Gasteiger partial charge in [0, 0.05) is 12.7 Å². The van der Waals surface area contributed by atoms with Gasteiger partial charge >= 0.3 is 0 Å². The molecule has 0 aliphatic carbocycles. The van der Waals surface area contributed by atoms with Crippen LogP contribution in [0.15, 0.2) is 52.4 Å². The van der Waals surface area contributed by atoms with Gasteiger partial charge in [-0.3, -0.25) is 14.2 Å². The highest BCUT2D eigenvalue weighted by Gasteiger charge is 2.39. The number of nitrogens with zero attached hydrogens (tertiary/aromatic N) is 7. The summed E-state index contributed by atoms with van der Waals surface area (Å²) in [4.78, 5) is 40.2. The van der Waals surface area contributed by atoms with Crippen LogP contribution < -0.4 is 16.2 Å². The maximum absolute atomic E-state index is 13.5. The van der Waals surface area contributed by atoms with Crippen LogP contribution >= 0.6 is 11.6 Å². The highest BCUT2D eigenvalue weighted by atomic mass is 35.5. The van der Waals surface area contributed by atoms with Gasteiger partial charge in [-0.05, 0) is 24.6 Å². The van der Waals surface area contributed by atoms with Gasteiger partial charge in [-0.15, -0.1) is 0 Å². The molecule has 4 aromatic rings.